The zero-order chi connectivity index (χ0) is 19.1. The molecular weight excluding hydrogens is 398 g/mol. The monoisotopic (exact) mass is 419 g/mol. The summed E-state index contributed by atoms with van der Waals surface area (Å²) in [6.07, 6.45) is 0.340. The molecule has 2 rings (SSSR count). The second kappa shape index (κ2) is 9.38. The lowest BCUT2D eigenvalue weighted by atomic mass is 10.2. The van der Waals surface area contributed by atoms with E-state index >= 15 is 0 Å². The van der Waals surface area contributed by atoms with E-state index < -0.39 is 5.97 Å². The van der Waals surface area contributed by atoms with Crippen LogP contribution in [0.15, 0.2) is 46.9 Å². The average molecular weight is 420 g/mol. The van der Waals surface area contributed by atoms with E-state index in [-0.39, 0.29) is 5.91 Å². The molecule has 0 unspecified atom stereocenters. The van der Waals surface area contributed by atoms with Crippen molar-refractivity contribution < 1.29 is 19.1 Å². The molecule has 0 aliphatic carbocycles. The van der Waals surface area contributed by atoms with Gasteiger partial charge in [-0.3, -0.25) is 4.79 Å². The number of carbonyl (C=O) groups is 2. The van der Waals surface area contributed by atoms with Gasteiger partial charge in [0, 0.05) is 6.42 Å². The number of anilines is 1. The molecule has 0 radical (unpaired) electrons. The summed E-state index contributed by atoms with van der Waals surface area (Å²) in [5.41, 5.74) is 0.842. The maximum absolute atomic E-state index is 12.5. The van der Waals surface area contributed by atoms with Crippen molar-refractivity contribution in [1.29, 1.82) is 0 Å². The number of hydrogen-bond acceptors (Lipinski definition) is 4. The SMILES string of the molecule is CCC(=O)Nc1ccccc1OC(=O)c1ccc(OCC(C)C)c(Br)c1. The van der Waals surface area contributed by atoms with Gasteiger partial charge in [-0.25, -0.2) is 4.79 Å². The maximum atomic E-state index is 12.5. The van der Waals surface area contributed by atoms with Crippen LogP contribution in [0.4, 0.5) is 5.69 Å². The minimum absolute atomic E-state index is 0.150. The third-order valence-corrected chi connectivity index (χ3v) is 4.04. The first-order valence-corrected chi connectivity index (χ1v) is 9.23. The van der Waals surface area contributed by atoms with Crippen LogP contribution in [0.3, 0.4) is 0 Å². The summed E-state index contributed by atoms with van der Waals surface area (Å²) < 4.78 is 11.8. The van der Waals surface area contributed by atoms with Crippen LogP contribution in [0, 0.1) is 5.92 Å². The third-order valence-electron chi connectivity index (χ3n) is 3.42. The largest absolute Gasteiger partial charge is 0.492 e. The predicted octanol–water partition coefficient (Wildman–Crippen LogP) is 5.05. The first-order valence-electron chi connectivity index (χ1n) is 8.44. The van der Waals surface area contributed by atoms with E-state index in [0.29, 0.717) is 46.2 Å². The van der Waals surface area contributed by atoms with E-state index in [1.807, 2.05) is 0 Å². The molecule has 2 aromatic rings. The summed E-state index contributed by atoms with van der Waals surface area (Å²) in [5, 5.41) is 2.72. The van der Waals surface area contributed by atoms with Crippen LogP contribution in [0.5, 0.6) is 11.5 Å². The van der Waals surface area contributed by atoms with Gasteiger partial charge < -0.3 is 14.8 Å². The van der Waals surface area contributed by atoms with Gasteiger partial charge in [-0.15, -0.1) is 0 Å². The topological polar surface area (TPSA) is 64.6 Å². The summed E-state index contributed by atoms with van der Waals surface area (Å²) in [7, 11) is 0. The highest BCUT2D eigenvalue weighted by Gasteiger charge is 2.14. The van der Waals surface area contributed by atoms with Crippen molar-refractivity contribution in [2.75, 3.05) is 11.9 Å². The van der Waals surface area contributed by atoms with Crippen LogP contribution >= 0.6 is 15.9 Å². The number of rotatable bonds is 7. The predicted molar refractivity (Wildman–Crippen MR) is 105 cm³/mol. The normalized spacial score (nSPS) is 10.5. The molecule has 0 heterocycles. The minimum atomic E-state index is -0.515. The van der Waals surface area contributed by atoms with Crippen LogP contribution < -0.4 is 14.8 Å². The molecule has 0 spiro atoms. The molecule has 5 nitrogen and oxygen atoms in total. The lowest BCUT2D eigenvalue weighted by Gasteiger charge is -2.13. The number of ether oxygens (including phenoxy) is 2. The van der Waals surface area contributed by atoms with Gasteiger partial charge in [0.25, 0.3) is 0 Å². The molecule has 0 aliphatic rings. The fraction of sp³-hybridized carbons (Fsp3) is 0.300. The van der Waals surface area contributed by atoms with Crippen molar-refractivity contribution in [3.63, 3.8) is 0 Å². The molecule has 0 atom stereocenters. The van der Waals surface area contributed by atoms with Crippen LogP contribution in [0.1, 0.15) is 37.6 Å². The minimum Gasteiger partial charge on any atom is -0.492 e. The summed E-state index contributed by atoms with van der Waals surface area (Å²) in [4.78, 5) is 24.1. The molecule has 0 fully saturated rings. The van der Waals surface area contributed by atoms with E-state index in [9.17, 15) is 9.59 Å². The lowest BCUT2D eigenvalue weighted by Crippen LogP contribution is -2.14. The van der Waals surface area contributed by atoms with Crippen molar-refractivity contribution in [3.8, 4) is 11.5 Å². The quantitative estimate of drug-likeness (QED) is 0.503. The Kier molecular flexibility index (Phi) is 7.21. The van der Waals surface area contributed by atoms with Crippen LogP contribution in [0.25, 0.3) is 0 Å². The molecular formula is C20H22BrNO4. The number of hydrogen-bond donors (Lipinski definition) is 1. The molecule has 0 aliphatic heterocycles. The van der Waals surface area contributed by atoms with E-state index in [0.717, 1.165) is 0 Å². The number of nitrogens with one attached hydrogen (secondary N) is 1. The van der Waals surface area contributed by atoms with Gasteiger partial charge in [0.1, 0.15) is 5.75 Å². The molecule has 0 saturated heterocycles. The molecule has 2 aromatic carbocycles. The molecule has 0 bridgehead atoms. The number of halogens is 1. The fourth-order valence-electron chi connectivity index (χ4n) is 2.06. The highest BCUT2D eigenvalue weighted by Crippen LogP contribution is 2.29. The summed E-state index contributed by atoms with van der Waals surface area (Å²) in [5.74, 6) is 0.713. The van der Waals surface area contributed by atoms with Crippen molar-refractivity contribution in [1.82, 2.24) is 0 Å². The number of esters is 1. The van der Waals surface area contributed by atoms with E-state index in [1.54, 1.807) is 49.4 Å². The first kappa shape index (κ1) is 20.0. The summed E-state index contributed by atoms with van der Waals surface area (Å²) in [6, 6.07) is 11.9. The molecule has 0 saturated carbocycles. The first-order chi connectivity index (χ1) is 12.4. The van der Waals surface area contributed by atoms with Gasteiger partial charge in [-0.05, 0) is 52.2 Å². The van der Waals surface area contributed by atoms with Gasteiger partial charge in [-0.2, -0.15) is 0 Å². The Morgan fingerprint density at radius 3 is 2.50 bits per heavy atom. The number of amides is 1. The van der Waals surface area contributed by atoms with Crippen LogP contribution in [-0.4, -0.2) is 18.5 Å². The molecule has 6 heteroatoms. The Morgan fingerprint density at radius 2 is 1.85 bits per heavy atom. The fourth-order valence-corrected chi connectivity index (χ4v) is 2.55. The van der Waals surface area contributed by atoms with E-state index in [1.165, 1.54) is 0 Å². The zero-order valence-electron chi connectivity index (χ0n) is 15.0. The summed E-state index contributed by atoms with van der Waals surface area (Å²) >= 11 is 3.42. The van der Waals surface area contributed by atoms with Crippen LogP contribution in [0.2, 0.25) is 0 Å². The second-order valence-corrected chi connectivity index (χ2v) is 6.99. The molecule has 0 aromatic heterocycles. The standard InChI is InChI=1S/C20H22BrNO4/c1-4-19(23)22-16-7-5-6-8-18(16)26-20(24)14-9-10-17(15(21)11-14)25-12-13(2)3/h5-11,13H,4,12H2,1-3H3,(H,22,23). The zero-order valence-corrected chi connectivity index (χ0v) is 16.6. The Hall–Kier alpha value is -2.34. The van der Waals surface area contributed by atoms with Gasteiger partial charge in [-0.1, -0.05) is 32.9 Å². The smallest absolute Gasteiger partial charge is 0.343 e. The Morgan fingerprint density at radius 1 is 1.12 bits per heavy atom. The molecule has 138 valence electrons. The lowest BCUT2D eigenvalue weighted by molar-refractivity contribution is -0.115. The van der Waals surface area contributed by atoms with Gasteiger partial charge in [0.05, 0.1) is 22.3 Å². The highest BCUT2D eigenvalue weighted by atomic mass is 79.9. The second-order valence-electron chi connectivity index (χ2n) is 6.14. The van der Waals surface area contributed by atoms with E-state index in [2.05, 4.69) is 35.1 Å². The highest BCUT2D eigenvalue weighted by molar-refractivity contribution is 9.10. The Balaban J connectivity index is 2.13. The molecule has 26 heavy (non-hydrogen) atoms. The number of carbonyl (C=O) groups excluding carboxylic acids is 2. The van der Waals surface area contributed by atoms with Crippen molar-refractivity contribution >= 4 is 33.5 Å². The van der Waals surface area contributed by atoms with Gasteiger partial charge >= 0.3 is 5.97 Å². The van der Waals surface area contributed by atoms with Gasteiger partial charge in [0.15, 0.2) is 5.75 Å². The van der Waals surface area contributed by atoms with Crippen molar-refractivity contribution in [2.45, 2.75) is 27.2 Å². The van der Waals surface area contributed by atoms with Gasteiger partial charge in [0.2, 0.25) is 5.91 Å². The Bertz CT molecular complexity index is 789. The summed E-state index contributed by atoms with van der Waals surface area (Å²) in [6.45, 7) is 6.47. The molecule has 1 N–H and O–H groups in total. The number of benzene rings is 2. The average Bonchev–Trinajstić information content (AvgIpc) is 2.61. The maximum Gasteiger partial charge on any atom is 0.343 e. The molecule has 1 amide bonds. The van der Waals surface area contributed by atoms with E-state index in [4.69, 9.17) is 9.47 Å². The third kappa shape index (κ3) is 5.59. The Labute approximate surface area is 161 Å². The van der Waals surface area contributed by atoms with Crippen molar-refractivity contribution in [3.05, 3.63) is 52.5 Å². The number of para-hydroxylation sites is 2. The van der Waals surface area contributed by atoms with Crippen molar-refractivity contribution in [2.24, 2.45) is 5.92 Å². The van der Waals surface area contributed by atoms with Crippen LogP contribution in [-0.2, 0) is 4.79 Å².